The van der Waals surface area contributed by atoms with Gasteiger partial charge < -0.3 is 15.4 Å². The highest BCUT2D eigenvalue weighted by Gasteiger charge is 2.10. The Morgan fingerprint density at radius 3 is 2.76 bits per heavy atom. The third-order valence-electron chi connectivity index (χ3n) is 3.34. The second-order valence-corrected chi connectivity index (χ2v) is 5.46. The molecule has 0 aliphatic carbocycles. The fourth-order valence-corrected chi connectivity index (χ4v) is 2.33. The van der Waals surface area contributed by atoms with Gasteiger partial charge in [0, 0.05) is 10.7 Å². The van der Waals surface area contributed by atoms with Crippen LogP contribution < -0.4 is 15.4 Å². The van der Waals surface area contributed by atoms with Crippen LogP contribution in [0.25, 0.3) is 5.69 Å². The van der Waals surface area contributed by atoms with E-state index in [9.17, 15) is 4.79 Å². The van der Waals surface area contributed by atoms with Gasteiger partial charge in [0.15, 0.2) is 5.82 Å². The molecule has 2 aromatic carbocycles. The zero-order valence-corrected chi connectivity index (χ0v) is 14.1. The fourth-order valence-electron chi connectivity index (χ4n) is 2.14. The summed E-state index contributed by atoms with van der Waals surface area (Å²) in [5.41, 5.74) is 1.36. The van der Waals surface area contributed by atoms with Crippen LogP contribution in [0.2, 0.25) is 5.02 Å². The van der Waals surface area contributed by atoms with E-state index in [2.05, 4.69) is 26.2 Å². The van der Waals surface area contributed by atoms with Gasteiger partial charge in [-0.25, -0.2) is 4.79 Å². The number of nitrogens with one attached hydrogen (secondary N) is 2. The van der Waals surface area contributed by atoms with Gasteiger partial charge in [-0.3, -0.25) is 0 Å². The summed E-state index contributed by atoms with van der Waals surface area (Å²) in [6.07, 6.45) is 0. The van der Waals surface area contributed by atoms with E-state index in [1.54, 1.807) is 48.2 Å². The van der Waals surface area contributed by atoms with Crippen molar-refractivity contribution in [2.24, 2.45) is 0 Å². The molecule has 0 aliphatic heterocycles. The molecular formula is C16H15ClN6O2. The lowest BCUT2D eigenvalue weighted by Crippen LogP contribution is -2.29. The number of hydrogen-bond acceptors (Lipinski definition) is 5. The van der Waals surface area contributed by atoms with E-state index in [0.29, 0.717) is 16.5 Å². The molecule has 128 valence electrons. The average Bonchev–Trinajstić information content (AvgIpc) is 3.08. The number of nitrogens with zero attached hydrogens (tertiary/aromatic N) is 4. The third kappa shape index (κ3) is 4.24. The Labute approximate surface area is 148 Å². The zero-order valence-electron chi connectivity index (χ0n) is 13.3. The Morgan fingerprint density at radius 2 is 2.04 bits per heavy atom. The Hall–Kier alpha value is -3.13. The second-order valence-electron chi connectivity index (χ2n) is 5.02. The Kier molecular flexibility index (Phi) is 5.10. The molecule has 0 bridgehead atoms. The number of methoxy groups -OCH3 is 1. The van der Waals surface area contributed by atoms with E-state index < -0.39 is 0 Å². The molecule has 0 atom stereocenters. The Bertz CT molecular complexity index is 865. The summed E-state index contributed by atoms with van der Waals surface area (Å²) in [4.78, 5) is 12.0. The third-order valence-corrected chi connectivity index (χ3v) is 3.58. The molecule has 0 unspecified atom stereocenters. The minimum atomic E-state index is -0.383. The number of carbonyl (C=O) groups is 1. The number of aromatic nitrogens is 4. The molecule has 0 saturated carbocycles. The summed E-state index contributed by atoms with van der Waals surface area (Å²) >= 11 is 5.89. The molecule has 3 rings (SSSR count). The first kappa shape index (κ1) is 16.7. The number of urea groups is 1. The predicted octanol–water partition coefficient (Wildman–Crippen LogP) is 2.65. The normalized spacial score (nSPS) is 10.3. The van der Waals surface area contributed by atoms with Crippen LogP contribution in [0.1, 0.15) is 5.82 Å². The number of amides is 2. The van der Waals surface area contributed by atoms with Crippen molar-refractivity contribution < 1.29 is 9.53 Å². The molecule has 0 fully saturated rings. The van der Waals surface area contributed by atoms with Gasteiger partial charge in [0.05, 0.1) is 19.3 Å². The van der Waals surface area contributed by atoms with Crippen molar-refractivity contribution in [3.63, 3.8) is 0 Å². The summed E-state index contributed by atoms with van der Waals surface area (Å²) in [7, 11) is 1.60. The number of carbonyl (C=O) groups excluding carboxylic acids is 1. The molecule has 25 heavy (non-hydrogen) atoms. The van der Waals surface area contributed by atoms with Crippen LogP contribution in [0.15, 0.2) is 48.5 Å². The topological polar surface area (TPSA) is 94.0 Å². The van der Waals surface area contributed by atoms with Gasteiger partial charge in [0.1, 0.15) is 5.75 Å². The summed E-state index contributed by atoms with van der Waals surface area (Å²) < 4.78 is 6.67. The smallest absolute Gasteiger partial charge is 0.319 e. The van der Waals surface area contributed by atoms with Crippen LogP contribution in [0, 0.1) is 0 Å². The monoisotopic (exact) mass is 358 g/mol. The van der Waals surface area contributed by atoms with Gasteiger partial charge >= 0.3 is 6.03 Å². The van der Waals surface area contributed by atoms with Gasteiger partial charge in [-0.05, 0) is 52.9 Å². The van der Waals surface area contributed by atoms with Gasteiger partial charge in [0.2, 0.25) is 0 Å². The molecule has 8 nitrogen and oxygen atoms in total. The first-order valence-electron chi connectivity index (χ1n) is 7.38. The van der Waals surface area contributed by atoms with Crippen LogP contribution in [-0.2, 0) is 6.54 Å². The van der Waals surface area contributed by atoms with Crippen LogP contribution in [0.3, 0.4) is 0 Å². The molecule has 0 spiro atoms. The highest BCUT2D eigenvalue weighted by Crippen LogP contribution is 2.16. The largest absolute Gasteiger partial charge is 0.497 e. The van der Waals surface area contributed by atoms with Crippen LogP contribution in [-0.4, -0.2) is 33.3 Å². The molecule has 0 radical (unpaired) electrons. The van der Waals surface area contributed by atoms with Crippen molar-refractivity contribution in [2.45, 2.75) is 6.54 Å². The van der Waals surface area contributed by atoms with Crippen molar-refractivity contribution in [3.8, 4) is 11.4 Å². The maximum Gasteiger partial charge on any atom is 0.319 e. The molecule has 1 aromatic heterocycles. The maximum atomic E-state index is 12.0. The van der Waals surface area contributed by atoms with E-state index >= 15 is 0 Å². The number of rotatable bonds is 5. The van der Waals surface area contributed by atoms with Gasteiger partial charge in [-0.1, -0.05) is 17.7 Å². The highest BCUT2D eigenvalue weighted by atomic mass is 35.5. The first-order chi connectivity index (χ1) is 12.2. The number of tetrazole rings is 1. The zero-order chi connectivity index (χ0) is 17.6. The van der Waals surface area contributed by atoms with Crippen molar-refractivity contribution in [1.29, 1.82) is 0 Å². The minimum absolute atomic E-state index is 0.158. The lowest BCUT2D eigenvalue weighted by atomic mass is 10.3. The highest BCUT2D eigenvalue weighted by molar-refractivity contribution is 6.30. The minimum Gasteiger partial charge on any atom is -0.497 e. The molecule has 1 heterocycles. The SMILES string of the molecule is COc1ccc(-n2nnnc2CNC(=O)Nc2cccc(Cl)c2)cc1. The molecule has 2 N–H and O–H groups in total. The van der Waals surface area contributed by atoms with E-state index in [1.165, 1.54) is 0 Å². The van der Waals surface area contributed by atoms with E-state index in [0.717, 1.165) is 11.4 Å². The van der Waals surface area contributed by atoms with Crippen molar-refractivity contribution in [1.82, 2.24) is 25.5 Å². The maximum absolute atomic E-state index is 12.0. The number of benzene rings is 2. The molecule has 0 saturated heterocycles. The summed E-state index contributed by atoms with van der Waals surface area (Å²) in [6, 6.07) is 13.8. The van der Waals surface area contributed by atoms with Crippen molar-refractivity contribution >= 4 is 23.3 Å². The van der Waals surface area contributed by atoms with Gasteiger partial charge in [-0.2, -0.15) is 4.68 Å². The molecule has 9 heteroatoms. The number of ether oxygens (including phenoxy) is 1. The van der Waals surface area contributed by atoms with E-state index in [1.807, 2.05) is 12.1 Å². The van der Waals surface area contributed by atoms with Crippen molar-refractivity contribution in [3.05, 3.63) is 59.4 Å². The second kappa shape index (κ2) is 7.63. The van der Waals surface area contributed by atoms with Crippen molar-refractivity contribution in [2.75, 3.05) is 12.4 Å². The van der Waals surface area contributed by atoms with Crippen LogP contribution in [0.5, 0.6) is 5.75 Å². The van der Waals surface area contributed by atoms with Gasteiger partial charge in [-0.15, -0.1) is 5.10 Å². The molecule has 2 amide bonds. The lowest BCUT2D eigenvalue weighted by Gasteiger charge is -2.08. The average molecular weight is 359 g/mol. The molecule has 0 aliphatic rings. The quantitative estimate of drug-likeness (QED) is 0.731. The van der Waals surface area contributed by atoms with Crippen LogP contribution >= 0.6 is 11.6 Å². The standard InChI is InChI=1S/C16H15ClN6O2/c1-25-14-7-5-13(6-8-14)23-15(20-21-22-23)10-18-16(24)19-12-4-2-3-11(17)9-12/h2-9H,10H2,1H3,(H2,18,19,24). The van der Waals surface area contributed by atoms with E-state index in [-0.39, 0.29) is 12.6 Å². The summed E-state index contributed by atoms with van der Waals surface area (Å²) in [5, 5.41) is 17.5. The van der Waals surface area contributed by atoms with Crippen LogP contribution in [0.4, 0.5) is 10.5 Å². The first-order valence-corrected chi connectivity index (χ1v) is 7.75. The van der Waals surface area contributed by atoms with Gasteiger partial charge in [0.25, 0.3) is 0 Å². The number of hydrogen-bond donors (Lipinski definition) is 2. The Morgan fingerprint density at radius 1 is 1.24 bits per heavy atom. The summed E-state index contributed by atoms with van der Waals surface area (Å²) in [6.45, 7) is 0.158. The predicted molar refractivity (Wildman–Crippen MR) is 93.0 cm³/mol. The lowest BCUT2D eigenvalue weighted by molar-refractivity contribution is 0.251. The van der Waals surface area contributed by atoms with E-state index in [4.69, 9.17) is 16.3 Å². The molecule has 3 aromatic rings. The number of halogens is 1. The number of anilines is 1. The fraction of sp³-hybridized carbons (Fsp3) is 0.125. The Balaban J connectivity index is 1.64. The summed E-state index contributed by atoms with van der Waals surface area (Å²) in [5.74, 6) is 1.23. The molecular weight excluding hydrogens is 344 g/mol.